The Bertz CT molecular complexity index is 488. The maximum atomic E-state index is 12.2. The van der Waals surface area contributed by atoms with E-state index in [0.29, 0.717) is 26.1 Å². The van der Waals surface area contributed by atoms with E-state index in [1.54, 1.807) is 18.5 Å². The predicted molar refractivity (Wildman–Crippen MR) is 73.4 cm³/mol. The second kappa shape index (κ2) is 6.42. The van der Waals surface area contributed by atoms with Crippen LogP contribution in [0, 0.1) is 0 Å². The fraction of sp³-hybridized carbons (Fsp3) is 0.583. The van der Waals surface area contributed by atoms with Gasteiger partial charge in [-0.15, -0.1) is 0 Å². The largest absolute Gasteiger partial charge is 0.330 e. The summed E-state index contributed by atoms with van der Waals surface area (Å²) in [4.78, 5) is 4.01. The Morgan fingerprint density at radius 3 is 2.84 bits per heavy atom. The van der Waals surface area contributed by atoms with Crippen molar-refractivity contribution >= 4 is 10.2 Å². The molecule has 1 aliphatic carbocycles. The number of nitrogens with zero attached hydrogens (tertiary/aromatic N) is 2. The van der Waals surface area contributed by atoms with E-state index in [2.05, 4.69) is 9.71 Å². The van der Waals surface area contributed by atoms with Crippen molar-refractivity contribution in [2.75, 3.05) is 13.1 Å². The zero-order valence-electron chi connectivity index (χ0n) is 10.8. The molecule has 0 atom stereocenters. The number of nitrogens with one attached hydrogen (secondary N) is 1. The summed E-state index contributed by atoms with van der Waals surface area (Å²) in [5.74, 6) is 0. The summed E-state index contributed by atoms with van der Waals surface area (Å²) in [6.45, 7) is 1.23. The summed E-state index contributed by atoms with van der Waals surface area (Å²) in [5.41, 5.74) is 6.35. The first kappa shape index (κ1) is 14.4. The molecule has 1 aromatic rings. The highest BCUT2D eigenvalue weighted by atomic mass is 32.2. The molecule has 106 valence electrons. The molecule has 1 saturated carbocycles. The third-order valence-electron chi connectivity index (χ3n) is 2.93. The van der Waals surface area contributed by atoms with Gasteiger partial charge in [-0.25, -0.2) is 0 Å². The average molecular weight is 284 g/mol. The molecule has 0 saturated heterocycles. The van der Waals surface area contributed by atoms with E-state index < -0.39 is 10.2 Å². The van der Waals surface area contributed by atoms with Crippen LogP contribution in [0.1, 0.15) is 24.8 Å². The van der Waals surface area contributed by atoms with E-state index in [9.17, 15) is 8.42 Å². The Morgan fingerprint density at radius 1 is 1.47 bits per heavy atom. The number of aromatic nitrogens is 1. The molecule has 6 nitrogen and oxygen atoms in total. The zero-order valence-corrected chi connectivity index (χ0v) is 11.6. The van der Waals surface area contributed by atoms with Gasteiger partial charge in [0.05, 0.1) is 0 Å². The molecule has 0 aromatic carbocycles. The van der Waals surface area contributed by atoms with E-state index in [4.69, 9.17) is 5.73 Å². The van der Waals surface area contributed by atoms with E-state index >= 15 is 0 Å². The Morgan fingerprint density at radius 2 is 2.26 bits per heavy atom. The summed E-state index contributed by atoms with van der Waals surface area (Å²) in [6.07, 6.45) is 5.85. The number of hydrogen-bond donors (Lipinski definition) is 2. The third-order valence-corrected chi connectivity index (χ3v) is 4.55. The molecule has 0 unspecified atom stereocenters. The van der Waals surface area contributed by atoms with E-state index in [1.165, 1.54) is 4.31 Å². The lowest BCUT2D eigenvalue weighted by Crippen LogP contribution is -2.42. The van der Waals surface area contributed by atoms with Gasteiger partial charge in [0.25, 0.3) is 10.2 Å². The van der Waals surface area contributed by atoms with Crippen molar-refractivity contribution < 1.29 is 8.42 Å². The first-order chi connectivity index (χ1) is 9.12. The first-order valence-electron chi connectivity index (χ1n) is 6.48. The summed E-state index contributed by atoms with van der Waals surface area (Å²) < 4.78 is 28.6. The minimum absolute atomic E-state index is 0.110. The molecule has 1 aliphatic rings. The second-order valence-corrected chi connectivity index (χ2v) is 6.44. The minimum atomic E-state index is -3.43. The van der Waals surface area contributed by atoms with Crippen molar-refractivity contribution in [2.24, 2.45) is 5.73 Å². The molecule has 2 rings (SSSR count). The molecule has 0 spiro atoms. The van der Waals surface area contributed by atoms with Gasteiger partial charge in [-0.1, -0.05) is 6.07 Å². The molecule has 19 heavy (non-hydrogen) atoms. The van der Waals surface area contributed by atoms with Crippen LogP contribution in [0.2, 0.25) is 0 Å². The second-order valence-electron chi connectivity index (χ2n) is 4.73. The van der Waals surface area contributed by atoms with E-state index in [1.807, 2.05) is 6.07 Å². The van der Waals surface area contributed by atoms with Crippen LogP contribution in [-0.4, -0.2) is 36.8 Å². The van der Waals surface area contributed by atoms with Crippen LogP contribution in [0.25, 0.3) is 0 Å². The van der Waals surface area contributed by atoms with Gasteiger partial charge in [0.1, 0.15) is 0 Å². The lowest BCUT2D eigenvalue weighted by molar-refractivity contribution is 0.393. The number of pyridine rings is 1. The molecule has 7 heteroatoms. The molecular formula is C12H20N4O2S. The van der Waals surface area contributed by atoms with Crippen LogP contribution in [-0.2, 0) is 16.8 Å². The van der Waals surface area contributed by atoms with Crippen LogP contribution in [0.4, 0.5) is 0 Å². The van der Waals surface area contributed by atoms with Crippen LogP contribution >= 0.6 is 0 Å². The van der Waals surface area contributed by atoms with Gasteiger partial charge >= 0.3 is 0 Å². The predicted octanol–water partition coefficient (Wildman–Crippen LogP) is 0.229. The molecule has 3 N–H and O–H groups in total. The average Bonchev–Trinajstić information content (AvgIpc) is 3.18. The molecule has 1 heterocycles. The Hall–Kier alpha value is -1.02. The van der Waals surface area contributed by atoms with Gasteiger partial charge in [-0.05, 0) is 37.4 Å². The monoisotopic (exact) mass is 284 g/mol. The van der Waals surface area contributed by atoms with Gasteiger partial charge < -0.3 is 5.73 Å². The van der Waals surface area contributed by atoms with Gasteiger partial charge in [0.15, 0.2) is 0 Å². The van der Waals surface area contributed by atoms with Crippen molar-refractivity contribution in [1.82, 2.24) is 14.0 Å². The summed E-state index contributed by atoms with van der Waals surface area (Å²) in [6, 6.07) is 3.78. The first-order valence-corrected chi connectivity index (χ1v) is 7.92. The maximum absolute atomic E-state index is 12.2. The molecule has 0 aliphatic heterocycles. The van der Waals surface area contributed by atoms with Crippen molar-refractivity contribution in [3.05, 3.63) is 30.1 Å². The molecule has 1 aromatic heterocycles. The lowest BCUT2D eigenvalue weighted by Gasteiger charge is -2.22. The maximum Gasteiger partial charge on any atom is 0.280 e. The summed E-state index contributed by atoms with van der Waals surface area (Å²) in [7, 11) is -3.43. The topological polar surface area (TPSA) is 88.3 Å². The third kappa shape index (κ3) is 4.54. The van der Waals surface area contributed by atoms with Crippen LogP contribution in [0.5, 0.6) is 0 Å². The van der Waals surface area contributed by atoms with Crippen LogP contribution < -0.4 is 10.5 Å². The van der Waals surface area contributed by atoms with Crippen LogP contribution in [0.15, 0.2) is 24.5 Å². The van der Waals surface area contributed by atoms with Crippen molar-refractivity contribution in [2.45, 2.75) is 31.8 Å². The van der Waals surface area contributed by atoms with E-state index in [-0.39, 0.29) is 6.04 Å². The standard InChI is InChI=1S/C12H20N4O2S/c13-6-2-8-16(10-11-3-1-7-14-9-11)19(17,18)15-12-4-5-12/h1,3,7,9,12,15H,2,4-6,8,10,13H2. The van der Waals surface area contributed by atoms with Gasteiger partial charge in [-0.2, -0.15) is 17.4 Å². The van der Waals surface area contributed by atoms with Gasteiger partial charge in [-0.3, -0.25) is 4.98 Å². The zero-order chi connectivity index (χ0) is 13.7. The fourth-order valence-corrected chi connectivity index (χ4v) is 3.23. The molecule has 0 radical (unpaired) electrons. The van der Waals surface area contributed by atoms with Crippen molar-refractivity contribution in [3.63, 3.8) is 0 Å². The molecule has 0 bridgehead atoms. The molecule has 0 amide bonds. The lowest BCUT2D eigenvalue weighted by atomic mass is 10.3. The van der Waals surface area contributed by atoms with Gasteiger partial charge in [0, 0.05) is 31.5 Å². The highest BCUT2D eigenvalue weighted by molar-refractivity contribution is 7.87. The van der Waals surface area contributed by atoms with Crippen molar-refractivity contribution in [3.8, 4) is 0 Å². The summed E-state index contributed by atoms with van der Waals surface area (Å²) >= 11 is 0. The van der Waals surface area contributed by atoms with E-state index in [0.717, 1.165) is 18.4 Å². The quantitative estimate of drug-likeness (QED) is 0.715. The highest BCUT2D eigenvalue weighted by Gasteiger charge is 2.30. The number of hydrogen-bond acceptors (Lipinski definition) is 4. The Kier molecular flexibility index (Phi) is 4.87. The number of rotatable bonds is 8. The van der Waals surface area contributed by atoms with Gasteiger partial charge in [0.2, 0.25) is 0 Å². The Balaban J connectivity index is 2.05. The molecular weight excluding hydrogens is 264 g/mol. The Labute approximate surface area is 114 Å². The fourth-order valence-electron chi connectivity index (χ4n) is 1.73. The summed E-state index contributed by atoms with van der Waals surface area (Å²) in [5, 5.41) is 0. The smallest absolute Gasteiger partial charge is 0.280 e. The van der Waals surface area contributed by atoms with Crippen molar-refractivity contribution in [1.29, 1.82) is 0 Å². The minimum Gasteiger partial charge on any atom is -0.330 e. The molecule has 1 fully saturated rings. The number of nitrogens with two attached hydrogens (primary N) is 1. The normalized spacial score (nSPS) is 15.9. The highest BCUT2D eigenvalue weighted by Crippen LogP contribution is 2.21. The van der Waals surface area contributed by atoms with Crippen LogP contribution in [0.3, 0.4) is 0 Å². The SMILES string of the molecule is NCCCN(Cc1cccnc1)S(=O)(=O)NC1CC1.